The third-order valence-corrected chi connectivity index (χ3v) is 4.32. The van der Waals surface area contributed by atoms with Crippen LogP contribution in [0.15, 0.2) is 71.6 Å². The van der Waals surface area contributed by atoms with Crippen LogP contribution in [0.3, 0.4) is 0 Å². The van der Waals surface area contributed by atoms with Crippen molar-refractivity contribution in [3.63, 3.8) is 0 Å². The van der Waals surface area contributed by atoms with Gasteiger partial charge in [0.2, 0.25) is 0 Å². The van der Waals surface area contributed by atoms with E-state index in [1.54, 1.807) is 30.3 Å². The molecule has 0 saturated carbocycles. The Morgan fingerprint density at radius 1 is 0.864 bits per heavy atom. The molecule has 0 aliphatic heterocycles. The van der Waals surface area contributed by atoms with Crippen LogP contribution in [0.25, 0.3) is 10.8 Å². The van der Waals surface area contributed by atoms with Crippen molar-refractivity contribution in [1.29, 1.82) is 0 Å². The number of halogens is 1. The maximum Gasteiger partial charge on any atom is 0.327 e. The van der Waals surface area contributed by atoms with E-state index in [-0.39, 0.29) is 4.90 Å². The fourth-order valence-electron chi connectivity index (χ4n) is 2.33. The smallest absolute Gasteiger partial charge is 0.327 e. The van der Waals surface area contributed by atoms with Crippen LogP contribution in [0.2, 0.25) is 0 Å². The van der Waals surface area contributed by atoms with Crippen molar-refractivity contribution in [3.05, 3.63) is 66.7 Å². The van der Waals surface area contributed by atoms with Crippen molar-refractivity contribution < 1.29 is 17.3 Å². The fraction of sp³-hybridized carbons (Fsp3) is 0. The van der Waals surface area contributed by atoms with Crippen molar-refractivity contribution in [2.45, 2.75) is 4.90 Å². The molecule has 4 nitrogen and oxygen atoms in total. The van der Waals surface area contributed by atoms with Gasteiger partial charge in [-0.2, -0.15) is 8.42 Å². The Morgan fingerprint density at radius 2 is 1.55 bits per heavy atom. The first-order chi connectivity index (χ1) is 10.6. The number of hydrogen-bond donors (Lipinski definition) is 1. The van der Waals surface area contributed by atoms with Crippen LogP contribution in [0, 0.1) is 0 Å². The summed E-state index contributed by atoms with van der Waals surface area (Å²) in [7, 11) is -4.45. The summed E-state index contributed by atoms with van der Waals surface area (Å²) in [6.07, 6.45) is 0. The largest absolute Gasteiger partial charge is 0.355 e. The van der Waals surface area contributed by atoms with Crippen LogP contribution in [0.4, 0.5) is 15.9 Å². The normalized spacial score (nSPS) is 11.5. The second-order valence-electron chi connectivity index (χ2n) is 4.67. The summed E-state index contributed by atoms with van der Waals surface area (Å²) in [5.74, 6) is 0. The first-order valence-corrected chi connectivity index (χ1v) is 7.92. The van der Waals surface area contributed by atoms with E-state index in [2.05, 4.69) is 9.70 Å². The van der Waals surface area contributed by atoms with Crippen molar-refractivity contribution in [3.8, 4) is 0 Å². The SMILES string of the molecule is O=S(=O)(OF)c1cccc2cccc(Nc3ccccc3)c12. The van der Waals surface area contributed by atoms with Gasteiger partial charge in [0, 0.05) is 16.8 Å². The van der Waals surface area contributed by atoms with E-state index in [1.165, 1.54) is 6.07 Å². The number of hydrogen-bond acceptors (Lipinski definition) is 4. The zero-order valence-corrected chi connectivity index (χ0v) is 12.2. The Kier molecular flexibility index (Phi) is 3.79. The highest BCUT2D eigenvalue weighted by Crippen LogP contribution is 2.32. The molecule has 0 heterocycles. The lowest BCUT2D eigenvalue weighted by Crippen LogP contribution is -2.03. The summed E-state index contributed by atoms with van der Waals surface area (Å²) in [5.41, 5.74) is 1.35. The molecule has 1 N–H and O–H groups in total. The van der Waals surface area contributed by atoms with Crippen LogP contribution in [-0.4, -0.2) is 8.42 Å². The lowest BCUT2D eigenvalue weighted by atomic mass is 10.1. The summed E-state index contributed by atoms with van der Waals surface area (Å²) in [5, 5.41) is 4.19. The molecule has 0 unspecified atom stereocenters. The molecule has 0 aliphatic carbocycles. The molecule has 0 aromatic heterocycles. The van der Waals surface area contributed by atoms with E-state index >= 15 is 0 Å². The highest BCUT2D eigenvalue weighted by Gasteiger charge is 2.21. The molecule has 0 bridgehead atoms. The van der Waals surface area contributed by atoms with E-state index in [9.17, 15) is 12.9 Å². The first-order valence-electron chi connectivity index (χ1n) is 6.51. The quantitative estimate of drug-likeness (QED) is 0.784. The second kappa shape index (κ2) is 5.75. The van der Waals surface area contributed by atoms with Gasteiger partial charge in [0.15, 0.2) is 0 Å². The van der Waals surface area contributed by atoms with Gasteiger partial charge in [-0.3, -0.25) is 0 Å². The fourth-order valence-corrected chi connectivity index (χ4v) is 3.12. The summed E-state index contributed by atoms with van der Waals surface area (Å²) < 4.78 is 39.2. The van der Waals surface area contributed by atoms with Gasteiger partial charge in [-0.25, -0.2) is 0 Å². The molecule has 0 spiro atoms. The number of anilines is 2. The van der Waals surface area contributed by atoms with Crippen LogP contribution < -0.4 is 5.32 Å². The molecule has 6 heteroatoms. The number of nitrogens with one attached hydrogen (secondary N) is 1. The predicted octanol–water partition coefficient (Wildman–Crippen LogP) is 4.17. The van der Waals surface area contributed by atoms with Crippen molar-refractivity contribution >= 4 is 32.3 Å². The number of fused-ring (bicyclic) bond motifs is 1. The molecular weight excluding hydrogens is 305 g/mol. The van der Waals surface area contributed by atoms with Gasteiger partial charge in [0.1, 0.15) is 4.90 Å². The molecule has 0 fully saturated rings. The lowest BCUT2D eigenvalue weighted by Gasteiger charge is -2.12. The predicted molar refractivity (Wildman–Crippen MR) is 83.1 cm³/mol. The maximum atomic E-state index is 12.4. The maximum absolute atomic E-state index is 12.4. The zero-order chi connectivity index (χ0) is 15.6. The molecule has 3 aromatic rings. The first kappa shape index (κ1) is 14.5. The third-order valence-electron chi connectivity index (χ3n) is 3.27. The minimum absolute atomic E-state index is 0.216. The highest BCUT2D eigenvalue weighted by atomic mass is 32.2. The standard InChI is InChI=1S/C16H12FNO3S/c17-21-22(19,20)15-11-5-7-12-6-4-10-14(16(12)15)18-13-8-2-1-3-9-13/h1-11,18H. The molecule has 3 rings (SSSR count). The van der Waals surface area contributed by atoms with E-state index in [0.717, 1.165) is 5.69 Å². The average molecular weight is 317 g/mol. The van der Waals surface area contributed by atoms with Crippen molar-refractivity contribution in [2.75, 3.05) is 5.32 Å². The summed E-state index contributed by atoms with van der Waals surface area (Å²) in [6.45, 7) is 0. The van der Waals surface area contributed by atoms with E-state index in [4.69, 9.17) is 0 Å². The van der Waals surface area contributed by atoms with E-state index in [1.807, 2.05) is 30.3 Å². The summed E-state index contributed by atoms with van der Waals surface area (Å²) in [6, 6.07) is 19.2. The van der Waals surface area contributed by atoms with Crippen LogP contribution >= 0.6 is 0 Å². The Bertz CT molecular complexity index is 906. The van der Waals surface area contributed by atoms with Crippen LogP contribution in [-0.2, 0) is 14.5 Å². The van der Waals surface area contributed by atoms with Gasteiger partial charge in [0.25, 0.3) is 0 Å². The van der Waals surface area contributed by atoms with Gasteiger partial charge >= 0.3 is 10.1 Å². The molecule has 3 aromatic carbocycles. The van der Waals surface area contributed by atoms with Crippen LogP contribution in [0.5, 0.6) is 0 Å². The molecule has 0 atom stereocenters. The lowest BCUT2D eigenvalue weighted by molar-refractivity contribution is 0.00300. The van der Waals surface area contributed by atoms with Crippen molar-refractivity contribution in [1.82, 2.24) is 0 Å². The average Bonchev–Trinajstić information content (AvgIpc) is 2.55. The zero-order valence-electron chi connectivity index (χ0n) is 11.4. The Balaban J connectivity index is 2.23. The Hall–Kier alpha value is -2.44. The number of benzene rings is 3. The summed E-state index contributed by atoms with van der Waals surface area (Å²) in [4.78, 5) is -0.216. The molecular formula is C16H12FNO3S. The minimum Gasteiger partial charge on any atom is -0.355 e. The van der Waals surface area contributed by atoms with Gasteiger partial charge in [-0.15, -0.1) is 0 Å². The second-order valence-corrected chi connectivity index (χ2v) is 6.14. The molecule has 0 aliphatic rings. The van der Waals surface area contributed by atoms with E-state index in [0.29, 0.717) is 16.5 Å². The number of para-hydroxylation sites is 1. The third kappa shape index (κ3) is 2.66. The van der Waals surface area contributed by atoms with Gasteiger partial charge in [0.05, 0.1) is 0 Å². The van der Waals surface area contributed by atoms with Gasteiger partial charge < -0.3 is 5.32 Å². The van der Waals surface area contributed by atoms with Crippen molar-refractivity contribution in [2.24, 2.45) is 0 Å². The topological polar surface area (TPSA) is 55.4 Å². The monoisotopic (exact) mass is 317 g/mol. The minimum atomic E-state index is -4.45. The van der Waals surface area contributed by atoms with Gasteiger partial charge in [-0.1, -0.05) is 46.9 Å². The Labute approximate surface area is 127 Å². The highest BCUT2D eigenvalue weighted by molar-refractivity contribution is 7.86. The molecule has 22 heavy (non-hydrogen) atoms. The summed E-state index contributed by atoms with van der Waals surface area (Å²) >= 11 is 0. The molecule has 112 valence electrons. The van der Waals surface area contributed by atoms with Crippen LogP contribution in [0.1, 0.15) is 0 Å². The van der Waals surface area contributed by atoms with Gasteiger partial charge in [-0.05, 0) is 34.2 Å². The number of rotatable bonds is 4. The Morgan fingerprint density at radius 3 is 2.23 bits per heavy atom. The molecule has 0 amide bonds. The molecule has 0 radical (unpaired) electrons. The molecule has 0 saturated heterocycles. The van der Waals surface area contributed by atoms with E-state index < -0.39 is 10.1 Å².